The molecule has 0 aromatic heterocycles. The van der Waals surface area contributed by atoms with Gasteiger partial charge >= 0.3 is 7.12 Å². The van der Waals surface area contributed by atoms with Crippen LogP contribution in [-0.2, 0) is 14.7 Å². The van der Waals surface area contributed by atoms with Crippen molar-refractivity contribution in [3.8, 4) is 0 Å². The standard InChI is InChI=1S/C17H27BO2/c1-15(2,3)13-9-8-10-14(11-13)18-19-12-16(4,5)17(6,7)20-18/h8-11H,12H2,1-7H3. The molecule has 0 atom stereocenters. The fourth-order valence-electron chi connectivity index (χ4n) is 2.24. The van der Waals surface area contributed by atoms with Gasteiger partial charge in [-0.2, -0.15) is 0 Å². The molecular formula is C17H27BO2. The largest absolute Gasteiger partial charge is 0.494 e. The topological polar surface area (TPSA) is 18.5 Å². The van der Waals surface area contributed by atoms with Gasteiger partial charge in [0.05, 0.1) is 5.60 Å². The van der Waals surface area contributed by atoms with E-state index >= 15 is 0 Å². The predicted octanol–water partition coefficient (Wildman–Crippen LogP) is 3.53. The van der Waals surface area contributed by atoms with Crippen molar-refractivity contribution in [1.82, 2.24) is 0 Å². The maximum atomic E-state index is 6.22. The number of hydrogen-bond acceptors (Lipinski definition) is 2. The Morgan fingerprint density at radius 2 is 1.75 bits per heavy atom. The minimum Gasteiger partial charge on any atom is -0.407 e. The zero-order valence-electron chi connectivity index (χ0n) is 13.9. The van der Waals surface area contributed by atoms with Crippen LogP contribution in [0.2, 0.25) is 0 Å². The number of hydrogen-bond donors (Lipinski definition) is 0. The van der Waals surface area contributed by atoms with Crippen LogP contribution >= 0.6 is 0 Å². The average molecular weight is 274 g/mol. The predicted molar refractivity (Wildman–Crippen MR) is 85.4 cm³/mol. The SMILES string of the molecule is CC(C)(C)c1cccc(B2OCC(C)(C)C(C)(C)O2)c1. The summed E-state index contributed by atoms with van der Waals surface area (Å²) in [5.41, 5.74) is 2.38. The molecule has 0 bridgehead atoms. The molecule has 2 rings (SSSR count). The Hall–Kier alpha value is -0.795. The normalized spacial score (nSPS) is 21.9. The van der Waals surface area contributed by atoms with Crippen molar-refractivity contribution in [2.45, 2.75) is 59.5 Å². The molecule has 3 heteroatoms. The first-order chi connectivity index (χ1) is 9.03. The average Bonchev–Trinajstić information content (AvgIpc) is 2.32. The van der Waals surface area contributed by atoms with Crippen LogP contribution in [0.1, 0.15) is 54.0 Å². The molecule has 0 aliphatic carbocycles. The van der Waals surface area contributed by atoms with Gasteiger partial charge in [0.15, 0.2) is 0 Å². The second kappa shape index (κ2) is 4.89. The molecule has 0 unspecified atom stereocenters. The van der Waals surface area contributed by atoms with Crippen LogP contribution in [0, 0.1) is 5.41 Å². The van der Waals surface area contributed by atoms with E-state index in [1.807, 2.05) is 0 Å². The highest BCUT2D eigenvalue weighted by molar-refractivity contribution is 6.61. The first-order valence-electron chi connectivity index (χ1n) is 7.43. The Kier molecular flexibility index (Phi) is 3.81. The molecule has 2 nitrogen and oxygen atoms in total. The molecule has 1 aliphatic rings. The smallest absolute Gasteiger partial charge is 0.407 e. The minimum atomic E-state index is -0.264. The van der Waals surface area contributed by atoms with Gasteiger partial charge in [-0.1, -0.05) is 58.9 Å². The first-order valence-corrected chi connectivity index (χ1v) is 7.43. The van der Waals surface area contributed by atoms with Crippen molar-refractivity contribution in [3.63, 3.8) is 0 Å². The Morgan fingerprint density at radius 3 is 2.30 bits per heavy atom. The van der Waals surface area contributed by atoms with Gasteiger partial charge in [-0.05, 0) is 30.3 Å². The van der Waals surface area contributed by atoms with E-state index in [4.69, 9.17) is 9.31 Å². The highest BCUT2D eigenvalue weighted by atomic mass is 16.6. The van der Waals surface area contributed by atoms with Gasteiger partial charge in [-0.25, -0.2) is 0 Å². The van der Waals surface area contributed by atoms with Crippen molar-refractivity contribution in [3.05, 3.63) is 29.8 Å². The summed E-state index contributed by atoms with van der Waals surface area (Å²) in [4.78, 5) is 0. The van der Waals surface area contributed by atoms with Crippen molar-refractivity contribution in [2.24, 2.45) is 5.41 Å². The van der Waals surface area contributed by atoms with Crippen LogP contribution in [0.4, 0.5) is 0 Å². The third kappa shape index (κ3) is 2.94. The molecule has 0 N–H and O–H groups in total. The van der Waals surface area contributed by atoms with Gasteiger partial charge in [0, 0.05) is 12.0 Å². The quantitative estimate of drug-likeness (QED) is 0.729. The molecule has 1 aromatic carbocycles. The third-order valence-corrected chi connectivity index (χ3v) is 4.65. The van der Waals surface area contributed by atoms with E-state index in [-0.39, 0.29) is 23.5 Å². The van der Waals surface area contributed by atoms with E-state index < -0.39 is 0 Å². The van der Waals surface area contributed by atoms with E-state index in [9.17, 15) is 0 Å². The zero-order valence-corrected chi connectivity index (χ0v) is 13.9. The second-order valence-corrected chi connectivity index (χ2v) is 8.03. The minimum absolute atomic E-state index is 0.0190. The molecule has 0 saturated carbocycles. The summed E-state index contributed by atoms with van der Waals surface area (Å²) in [5, 5.41) is 0. The molecule has 1 aliphatic heterocycles. The van der Waals surface area contributed by atoms with Gasteiger partial charge in [-0.3, -0.25) is 0 Å². The van der Waals surface area contributed by atoms with Crippen LogP contribution in [0.5, 0.6) is 0 Å². The second-order valence-electron chi connectivity index (χ2n) is 8.03. The number of rotatable bonds is 1. The lowest BCUT2D eigenvalue weighted by molar-refractivity contribution is -0.0937. The van der Waals surface area contributed by atoms with Crippen LogP contribution in [-0.4, -0.2) is 19.3 Å². The fourth-order valence-corrected chi connectivity index (χ4v) is 2.24. The van der Waals surface area contributed by atoms with Crippen molar-refractivity contribution >= 4 is 12.6 Å². The maximum Gasteiger partial charge on any atom is 0.494 e. The molecule has 20 heavy (non-hydrogen) atoms. The molecule has 0 radical (unpaired) electrons. The molecule has 1 fully saturated rings. The Bertz CT molecular complexity index is 486. The lowest BCUT2D eigenvalue weighted by atomic mass is 9.68. The summed E-state index contributed by atoms with van der Waals surface area (Å²) < 4.78 is 12.2. The zero-order chi connectivity index (χ0) is 15.2. The molecule has 110 valence electrons. The third-order valence-electron chi connectivity index (χ3n) is 4.65. The fraction of sp³-hybridized carbons (Fsp3) is 0.647. The Labute approximate surface area is 124 Å². The Balaban J connectivity index is 2.26. The monoisotopic (exact) mass is 274 g/mol. The molecule has 1 heterocycles. The van der Waals surface area contributed by atoms with E-state index in [0.29, 0.717) is 6.61 Å². The van der Waals surface area contributed by atoms with Crippen LogP contribution in [0.25, 0.3) is 0 Å². The highest BCUT2D eigenvalue weighted by Gasteiger charge is 2.46. The van der Waals surface area contributed by atoms with Gasteiger partial charge < -0.3 is 9.31 Å². The molecular weight excluding hydrogens is 247 g/mol. The van der Waals surface area contributed by atoms with E-state index in [1.165, 1.54) is 5.56 Å². The highest BCUT2D eigenvalue weighted by Crippen LogP contribution is 2.38. The molecule has 1 aromatic rings. The summed E-state index contributed by atoms with van der Waals surface area (Å²) in [6.07, 6.45) is 0. The van der Waals surface area contributed by atoms with Crippen LogP contribution < -0.4 is 5.46 Å². The van der Waals surface area contributed by atoms with E-state index in [2.05, 4.69) is 72.7 Å². The van der Waals surface area contributed by atoms with Crippen LogP contribution in [0.15, 0.2) is 24.3 Å². The summed E-state index contributed by atoms with van der Waals surface area (Å²) in [5.74, 6) is 0. The Morgan fingerprint density at radius 1 is 1.10 bits per heavy atom. The van der Waals surface area contributed by atoms with Gasteiger partial charge in [0.2, 0.25) is 0 Å². The molecule has 0 spiro atoms. The van der Waals surface area contributed by atoms with Gasteiger partial charge in [0.1, 0.15) is 0 Å². The first kappa shape index (κ1) is 15.6. The van der Waals surface area contributed by atoms with Crippen molar-refractivity contribution in [2.75, 3.05) is 6.61 Å². The summed E-state index contributed by atoms with van der Waals surface area (Å²) in [7, 11) is -0.264. The molecule has 0 amide bonds. The number of benzene rings is 1. The molecule has 1 saturated heterocycles. The summed E-state index contributed by atoms with van der Waals surface area (Å²) >= 11 is 0. The lowest BCUT2D eigenvalue weighted by Crippen LogP contribution is -2.58. The maximum absolute atomic E-state index is 6.22. The van der Waals surface area contributed by atoms with Gasteiger partial charge in [0.25, 0.3) is 0 Å². The lowest BCUT2D eigenvalue weighted by Gasteiger charge is -2.47. The van der Waals surface area contributed by atoms with Gasteiger partial charge in [-0.15, -0.1) is 0 Å². The van der Waals surface area contributed by atoms with E-state index in [1.54, 1.807) is 0 Å². The summed E-state index contributed by atoms with van der Waals surface area (Å²) in [6.45, 7) is 16.1. The van der Waals surface area contributed by atoms with E-state index in [0.717, 1.165) is 5.46 Å². The summed E-state index contributed by atoms with van der Waals surface area (Å²) in [6, 6.07) is 8.56. The van der Waals surface area contributed by atoms with Crippen molar-refractivity contribution < 1.29 is 9.31 Å². The van der Waals surface area contributed by atoms with Crippen molar-refractivity contribution in [1.29, 1.82) is 0 Å². The van der Waals surface area contributed by atoms with Crippen LogP contribution in [0.3, 0.4) is 0 Å².